The molecule has 1 N–H and O–H groups in total. The third-order valence-corrected chi connectivity index (χ3v) is 3.54. The highest BCUT2D eigenvalue weighted by Gasteiger charge is 2.39. The van der Waals surface area contributed by atoms with Crippen LogP contribution in [-0.4, -0.2) is 71.6 Å². The molecule has 0 spiro atoms. The molecule has 7 nitrogen and oxygen atoms in total. The van der Waals surface area contributed by atoms with Crippen LogP contribution in [0.4, 0.5) is 0 Å². The summed E-state index contributed by atoms with van der Waals surface area (Å²) in [5.41, 5.74) is 0. The quantitative estimate of drug-likeness (QED) is 0.707. The average Bonchev–Trinajstić information content (AvgIpc) is 2.68. The topological polar surface area (TPSA) is 87.2 Å². The first kappa shape index (κ1) is 13.8. The highest BCUT2D eigenvalue weighted by Crippen LogP contribution is 2.21. The number of nitrogens with zero attached hydrogens (tertiary/aromatic N) is 2. The molecule has 0 radical (unpaired) electrons. The van der Waals surface area contributed by atoms with E-state index in [0.29, 0.717) is 13.1 Å². The first-order chi connectivity index (χ1) is 8.88. The summed E-state index contributed by atoms with van der Waals surface area (Å²) in [6, 6.07) is 0. The summed E-state index contributed by atoms with van der Waals surface area (Å²) in [7, 11) is 1.66. The normalized spacial score (nSPS) is 31.7. The lowest BCUT2D eigenvalue weighted by Gasteiger charge is -2.36. The van der Waals surface area contributed by atoms with Crippen molar-refractivity contribution in [3.05, 3.63) is 0 Å². The molecule has 2 amide bonds. The lowest BCUT2D eigenvalue weighted by atomic mass is 10.1. The molecule has 0 aromatic carbocycles. The van der Waals surface area contributed by atoms with Gasteiger partial charge < -0.3 is 19.6 Å². The van der Waals surface area contributed by atoms with E-state index in [0.717, 1.165) is 0 Å². The molecular formula is C12H18N2O5. The second kappa shape index (κ2) is 5.16. The highest BCUT2D eigenvalue weighted by atomic mass is 16.5. The number of morpholine rings is 1. The van der Waals surface area contributed by atoms with Crippen molar-refractivity contribution in [2.45, 2.75) is 25.6 Å². The summed E-state index contributed by atoms with van der Waals surface area (Å²) in [4.78, 5) is 37.7. The minimum Gasteiger partial charge on any atom is -0.479 e. The molecule has 0 aromatic heterocycles. The van der Waals surface area contributed by atoms with Crippen LogP contribution in [0.2, 0.25) is 0 Å². The second-order valence-electron chi connectivity index (χ2n) is 5.19. The molecule has 2 fully saturated rings. The summed E-state index contributed by atoms with van der Waals surface area (Å²) >= 11 is 0. The molecule has 2 aliphatic heterocycles. The zero-order valence-corrected chi connectivity index (χ0v) is 11.0. The van der Waals surface area contributed by atoms with Crippen LogP contribution in [0.1, 0.15) is 13.3 Å². The van der Waals surface area contributed by atoms with Crippen molar-refractivity contribution in [2.75, 3.05) is 26.7 Å². The van der Waals surface area contributed by atoms with E-state index in [1.54, 1.807) is 14.0 Å². The van der Waals surface area contributed by atoms with E-state index < -0.39 is 12.1 Å². The molecule has 2 aliphatic rings. The van der Waals surface area contributed by atoms with Gasteiger partial charge in [0.25, 0.3) is 0 Å². The Morgan fingerprint density at radius 2 is 2.00 bits per heavy atom. The summed E-state index contributed by atoms with van der Waals surface area (Å²) < 4.78 is 5.26. The number of rotatable bonds is 2. The molecule has 2 heterocycles. The number of carbonyl (C=O) groups is 3. The third kappa shape index (κ3) is 2.86. The van der Waals surface area contributed by atoms with E-state index >= 15 is 0 Å². The molecule has 0 aliphatic carbocycles. The van der Waals surface area contributed by atoms with Gasteiger partial charge >= 0.3 is 5.97 Å². The molecule has 19 heavy (non-hydrogen) atoms. The van der Waals surface area contributed by atoms with Gasteiger partial charge in [-0.15, -0.1) is 0 Å². The van der Waals surface area contributed by atoms with Crippen molar-refractivity contribution in [1.29, 1.82) is 0 Å². The molecule has 7 heteroatoms. The Morgan fingerprint density at radius 3 is 2.53 bits per heavy atom. The maximum absolute atomic E-state index is 12.3. The number of carboxylic acids is 1. The monoisotopic (exact) mass is 270 g/mol. The third-order valence-electron chi connectivity index (χ3n) is 3.54. The number of amides is 2. The summed E-state index contributed by atoms with van der Waals surface area (Å²) in [6.45, 7) is 2.56. The first-order valence-electron chi connectivity index (χ1n) is 6.29. The van der Waals surface area contributed by atoms with Crippen molar-refractivity contribution in [3.8, 4) is 0 Å². The molecular weight excluding hydrogens is 252 g/mol. The van der Waals surface area contributed by atoms with Gasteiger partial charge in [0.15, 0.2) is 6.10 Å². The minimum atomic E-state index is -1.07. The fourth-order valence-corrected chi connectivity index (χ4v) is 2.55. The molecule has 0 saturated carbocycles. The molecule has 0 aromatic rings. The van der Waals surface area contributed by atoms with E-state index in [1.807, 2.05) is 0 Å². The van der Waals surface area contributed by atoms with Crippen LogP contribution in [0.25, 0.3) is 0 Å². The van der Waals surface area contributed by atoms with Crippen molar-refractivity contribution < 1.29 is 24.2 Å². The molecule has 2 saturated heterocycles. The highest BCUT2D eigenvalue weighted by molar-refractivity contribution is 5.89. The van der Waals surface area contributed by atoms with Gasteiger partial charge in [-0.1, -0.05) is 0 Å². The maximum Gasteiger partial charge on any atom is 0.334 e. The standard InChI is InChI=1S/C12H18N2O5/c1-7-4-14(6-9(19-7)12(17)18)11(16)8-3-10(15)13(2)5-8/h7-9H,3-6H2,1-2H3,(H,17,18)/t7-,8?,9?/m1/s1. The lowest BCUT2D eigenvalue weighted by Crippen LogP contribution is -2.53. The van der Waals surface area contributed by atoms with Gasteiger partial charge in [-0.05, 0) is 6.92 Å². The fraction of sp³-hybridized carbons (Fsp3) is 0.750. The van der Waals surface area contributed by atoms with Gasteiger partial charge in [-0.3, -0.25) is 9.59 Å². The van der Waals surface area contributed by atoms with Crippen molar-refractivity contribution in [1.82, 2.24) is 9.80 Å². The van der Waals surface area contributed by atoms with E-state index in [1.165, 1.54) is 9.80 Å². The average molecular weight is 270 g/mol. The van der Waals surface area contributed by atoms with Gasteiger partial charge in [0.1, 0.15) is 0 Å². The maximum atomic E-state index is 12.3. The van der Waals surface area contributed by atoms with Gasteiger partial charge in [0.05, 0.1) is 18.6 Å². The molecule has 0 bridgehead atoms. The summed E-state index contributed by atoms with van der Waals surface area (Å²) in [5, 5.41) is 8.98. The zero-order valence-electron chi connectivity index (χ0n) is 11.0. The largest absolute Gasteiger partial charge is 0.479 e. The fourth-order valence-electron chi connectivity index (χ4n) is 2.55. The molecule has 106 valence electrons. The Labute approximate surface area is 111 Å². The molecule has 2 rings (SSSR count). The van der Waals surface area contributed by atoms with Crippen LogP contribution in [0, 0.1) is 5.92 Å². The van der Waals surface area contributed by atoms with Crippen molar-refractivity contribution in [3.63, 3.8) is 0 Å². The number of carboxylic acid groups (broad SMARTS) is 1. The number of carbonyl (C=O) groups excluding carboxylic acids is 2. The van der Waals surface area contributed by atoms with Gasteiger partial charge in [0.2, 0.25) is 11.8 Å². The van der Waals surface area contributed by atoms with Crippen LogP contribution < -0.4 is 0 Å². The van der Waals surface area contributed by atoms with Crippen LogP contribution in [0.5, 0.6) is 0 Å². The Kier molecular flexibility index (Phi) is 3.75. The molecule has 2 unspecified atom stereocenters. The van der Waals surface area contributed by atoms with E-state index in [2.05, 4.69) is 0 Å². The smallest absolute Gasteiger partial charge is 0.334 e. The number of hydrogen-bond donors (Lipinski definition) is 1. The Balaban J connectivity index is 2.02. The number of hydrogen-bond acceptors (Lipinski definition) is 4. The number of likely N-dealkylation sites (tertiary alicyclic amines) is 1. The lowest BCUT2D eigenvalue weighted by molar-refractivity contribution is -0.167. The van der Waals surface area contributed by atoms with Gasteiger partial charge in [-0.2, -0.15) is 0 Å². The second-order valence-corrected chi connectivity index (χ2v) is 5.19. The van der Waals surface area contributed by atoms with Crippen LogP contribution in [0.15, 0.2) is 0 Å². The van der Waals surface area contributed by atoms with Crippen molar-refractivity contribution in [2.24, 2.45) is 5.92 Å². The summed E-state index contributed by atoms with van der Waals surface area (Å²) in [6.07, 6.45) is -1.09. The van der Waals surface area contributed by atoms with Crippen LogP contribution in [0.3, 0.4) is 0 Å². The van der Waals surface area contributed by atoms with E-state index in [9.17, 15) is 14.4 Å². The zero-order chi connectivity index (χ0) is 14.2. The Bertz CT molecular complexity index is 411. The summed E-state index contributed by atoms with van der Waals surface area (Å²) in [5.74, 6) is -1.63. The van der Waals surface area contributed by atoms with Crippen molar-refractivity contribution >= 4 is 17.8 Å². The van der Waals surface area contributed by atoms with Gasteiger partial charge in [-0.25, -0.2) is 4.79 Å². The Hall–Kier alpha value is -1.63. The SMILES string of the molecule is C[C@@H]1CN(C(=O)C2CC(=O)N(C)C2)CC(C(=O)O)O1. The Morgan fingerprint density at radius 1 is 1.32 bits per heavy atom. The number of ether oxygens (including phenoxy) is 1. The van der Waals surface area contributed by atoms with E-state index in [-0.39, 0.29) is 36.8 Å². The number of aliphatic carboxylic acids is 1. The molecule has 3 atom stereocenters. The first-order valence-corrected chi connectivity index (χ1v) is 6.29. The van der Waals surface area contributed by atoms with E-state index in [4.69, 9.17) is 9.84 Å². The van der Waals surface area contributed by atoms with Crippen LogP contribution in [-0.2, 0) is 19.1 Å². The predicted octanol–water partition coefficient (Wildman–Crippen LogP) is -0.835. The van der Waals surface area contributed by atoms with Crippen LogP contribution >= 0.6 is 0 Å². The van der Waals surface area contributed by atoms with Gasteiger partial charge in [0, 0.05) is 26.6 Å². The minimum absolute atomic E-state index is 0.0468. The predicted molar refractivity (Wildman–Crippen MR) is 64.3 cm³/mol.